The number of nitrogens with two attached hydrogens (primary N) is 1. The van der Waals surface area contributed by atoms with Crippen LogP contribution in [0, 0.1) is 25.5 Å². The zero-order valence-electron chi connectivity index (χ0n) is 8.96. The molecule has 0 radical (unpaired) electrons. The van der Waals surface area contributed by atoms with Crippen molar-refractivity contribution in [2.45, 2.75) is 13.8 Å². The van der Waals surface area contributed by atoms with Crippen molar-refractivity contribution >= 4 is 5.69 Å². The molecule has 1 aromatic carbocycles. The van der Waals surface area contributed by atoms with Crippen LogP contribution in [0.25, 0.3) is 5.69 Å². The molecule has 0 aliphatic heterocycles. The van der Waals surface area contributed by atoms with E-state index in [9.17, 15) is 8.78 Å². The molecule has 0 aliphatic carbocycles. The topological polar surface area (TPSA) is 43.8 Å². The van der Waals surface area contributed by atoms with Gasteiger partial charge in [0.15, 0.2) is 11.6 Å². The number of hydrogen-bond donors (Lipinski definition) is 1. The molecule has 0 aliphatic rings. The van der Waals surface area contributed by atoms with Crippen LogP contribution >= 0.6 is 0 Å². The number of aromatic nitrogens is 2. The van der Waals surface area contributed by atoms with Gasteiger partial charge in [0.25, 0.3) is 0 Å². The minimum Gasteiger partial charge on any atom is -0.399 e. The fourth-order valence-electron chi connectivity index (χ4n) is 1.66. The Morgan fingerprint density at radius 3 is 2.19 bits per heavy atom. The van der Waals surface area contributed by atoms with Gasteiger partial charge < -0.3 is 5.73 Å². The number of benzene rings is 1. The predicted octanol–water partition coefficient (Wildman–Crippen LogP) is 2.35. The number of aryl methyl sites for hydroxylation is 2. The normalized spacial score (nSPS) is 10.8. The third-order valence-electron chi connectivity index (χ3n) is 2.28. The van der Waals surface area contributed by atoms with E-state index in [0.29, 0.717) is 11.5 Å². The van der Waals surface area contributed by atoms with Crippen molar-refractivity contribution in [3.05, 3.63) is 41.5 Å². The molecule has 5 heteroatoms. The van der Waals surface area contributed by atoms with Crippen LogP contribution in [0.4, 0.5) is 14.5 Å². The molecule has 0 atom stereocenters. The van der Waals surface area contributed by atoms with E-state index in [0.717, 1.165) is 12.1 Å². The number of nitrogens with zero attached hydrogens (tertiary/aromatic N) is 2. The van der Waals surface area contributed by atoms with Crippen LogP contribution in [0.5, 0.6) is 0 Å². The van der Waals surface area contributed by atoms with Gasteiger partial charge in [0.2, 0.25) is 0 Å². The first kappa shape index (κ1) is 10.6. The van der Waals surface area contributed by atoms with Crippen LogP contribution in [-0.4, -0.2) is 9.55 Å². The molecule has 2 aromatic rings. The quantitative estimate of drug-likeness (QED) is 0.754. The van der Waals surface area contributed by atoms with Gasteiger partial charge in [-0.25, -0.2) is 13.8 Å². The third-order valence-corrected chi connectivity index (χ3v) is 2.28. The third kappa shape index (κ3) is 1.64. The van der Waals surface area contributed by atoms with E-state index in [1.54, 1.807) is 20.0 Å². The molecule has 0 unspecified atom stereocenters. The number of rotatable bonds is 1. The summed E-state index contributed by atoms with van der Waals surface area (Å²) in [6.45, 7) is 3.44. The van der Waals surface area contributed by atoms with Crippen LogP contribution < -0.4 is 5.73 Å². The fourth-order valence-corrected chi connectivity index (χ4v) is 1.66. The van der Waals surface area contributed by atoms with Crippen molar-refractivity contribution in [1.29, 1.82) is 0 Å². The lowest BCUT2D eigenvalue weighted by Gasteiger charge is -2.08. The molecule has 0 bridgehead atoms. The zero-order chi connectivity index (χ0) is 11.9. The van der Waals surface area contributed by atoms with E-state index in [-0.39, 0.29) is 11.4 Å². The predicted molar refractivity (Wildman–Crippen MR) is 57.4 cm³/mol. The maximum atomic E-state index is 13.6. The highest BCUT2D eigenvalue weighted by Crippen LogP contribution is 2.22. The van der Waals surface area contributed by atoms with E-state index in [1.807, 2.05) is 0 Å². The average Bonchev–Trinajstić information content (AvgIpc) is 2.43. The monoisotopic (exact) mass is 223 g/mol. The fraction of sp³-hybridized carbons (Fsp3) is 0.182. The van der Waals surface area contributed by atoms with E-state index in [1.165, 1.54) is 4.57 Å². The number of imidazole rings is 1. The highest BCUT2D eigenvalue weighted by molar-refractivity contribution is 5.48. The second-order valence-corrected chi connectivity index (χ2v) is 3.63. The Morgan fingerprint density at radius 2 is 1.75 bits per heavy atom. The lowest BCUT2D eigenvalue weighted by molar-refractivity contribution is 0.568. The van der Waals surface area contributed by atoms with Crippen molar-refractivity contribution in [3.63, 3.8) is 0 Å². The molecule has 0 fully saturated rings. The van der Waals surface area contributed by atoms with Gasteiger partial charge >= 0.3 is 0 Å². The van der Waals surface area contributed by atoms with Crippen LogP contribution in [0.3, 0.4) is 0 Å². The smallest absolute Gasteiger partial charge is 0.152 e. The molecule has 3 nitrogen and oxygen atoms in total. The van der Waals surface area contributed by atoms with Gasteiger partial charge in [-0.1, -0.05) is 0 Å². The number of anilines is 1. The van der Waals surface area contributed by atoms with Crippen LogP contribution in [-0.2, 0) is 0 Å². The summed E-state index contributed by atoms with van der Waals surface area (Å²) in [6, 6.07) is 2.18. The van der Waals surface area contributed by atoms with Crippen molar-refractivity contribution in [2.75, 3.05) is 5.73 Å². The average molecular weight is 223 g/mol. The highest BCUT2D eigenvalue weighted by atomic mass is 19.1. The van der Waals surface area contributed by atoms with E-state index in [2.05, 4.69) is 4.98 Å². The zero-order valence-corrected chi connectivity index (χ0v) is 8.96. The van der Waals surface area contributed by atoms with Crippen molar-refractivity contribution < 1.29 is 8.78 Å². The summed E-state index contributed by atoms with van der Waals surface area (Å²) >= 11 is 0. The van der Waals surface area contributed by atoms with Crippen LogP contribution in [0.1, 0.15) is 11.5 Å². The molecular weight excluding hydrogens is 212 g/mol. The SMILES string of the molecule is Cc1cn(-c2c(F)cc(N)cc2F)c(C)n1. The van der Waals surface area contributed by atoms with Crippen molar-refractivity contribution in [2.24, 2.45) is 0 Å². The Morgan fingerprint density at radius 1 is 1.19 bits per heavy atom. The largest absolute Gasteiger partial charge is 0.399 e. The Kier molecular flexibility index (Phi) is 2.38. The first-order valence-corrected chi connectivity index (χ1v) is 4.76. The first-order chi connectivity index (χ1) is 7.49. The van der Waals surface area contributed by atoms with Gasteiger partial charge in [-0.15, -0.1) is 0 Å². The van der Waals surface area contributed by atoms with Gasteiger partial charge in [0, 0.05) is 11.9 Å². The number of hydrogen-bond acceptors (Lipinski definition) is 2. The highest BCUT2D eigenvalue weighted by Gasteiger charge is 2.14. The molecule has 16 heavy (non-hydrogen) atoms. The van der Waals surface area contributed by atoms with Crippen LogP contribution in [0.15, 0.2) is 18.3 Å². The van der Waals surface area contributed by atoms with E-state index in [4.69, 9.17) is 5.73 Å². The van der Waals surface area contributed by atoms with Gasteiger partial charge in [0.05, 0.1) is 5.69 Å². The first-order valence-electron chi connectivity index (χ1n) is 4.76. The standard InChI is InChI=1S/C11H11F2N3/c1-6-5-16(7(2)15-6)11-9(12)3-8(14)4-10(11)13/h3-5H,14H2,1-2H3. The van der Waals surface area contributed by atoms with Gasteiger partial charge in [-0.05, 0) is 26.0 Å². The Balaban J connectivity index is 2.69. The van der Waals surface area contributed by atoms with E-state index < -0.39 is 11.6 Å². The summed E-state index contributed by atoms with van der Waals surface area (Å²) in [6.07, 6.45) is 1.58. The van der Waals surface area contributed by atoms with Gasteiger partial charge in [-0.3, -0.25) is 4.57 Å². The summed E-state index contributed by atoms with van der Waals surface area (Å²) in [5, 5.41) is 0. The molecule has 0 saturated heterocycles. The summed E-state index contributed by atoms with van der Waals surface area (Å²) in [5.41, 5.74) is 5.96. The summed E-state index contributed by atoms with van der Waals surface area (Å²) in [7, 11) is 0. The Hall–Kier alpha value is -1.91. The summed E-state index contributed by atoms with van der Waals surface area (Å²) < 4.78 is 28.6. The molecular formula is C11H11F2N3. The Labute approximate surface area is 91.5 Å². The second kappa shape index (κ2) is 3.59. The maximum Gasteiger partial charge on any atom is 0.152 e. The minimum atomic E-state index is -0.696. The molecule has 2 rings (SSSR count). The van der Waals surface area contributed by atoms with Crippen molar-refractivity contribution in [3.8, 4) is 5.69 Å². The molecule has 0 spiro atoms. The second-order valence-electron chi connectivity index (χ2n) is 3.63. The lowest BCUT2D eigenvalue weighted by atomic mass is 10.2. The number of halogens is 2. The summed E-state index contributed by atoms with van der Waals surface area (Å²) in [4.78, 5) is 4.09. The Bertz CT molecular complexity index is 523. The molecule has 2 N–H and O–H groups in total. The maximum absolute atomic E-state index is 13.6. The van der Waals surface area contributed by atoms with Gasteiger partial charge in [0.1, 0.15) is 11.5 Å². The molecule has 0 saturated carbocycles. The lowest BCUT2D eigenvalue weighted by Crippen LogP contribution is -2.03. The summed E-state index contributed by atoms with van der Waals surface area (Å²) in [5.74, 6) is -0.865. The molecule has 1 aromatic heterocycles. The number of nitrogen functional groups attached to an aromatic ring is 1. The minimum absolute atomic E-state index is 0.0632. The molecule has 0 amide bonds. The van der Waals surface area contributed by atoms with Crippen molar-refractivity contribution in [1.82, 2.24) is 9.55 Å². The molecule has 1 heterocycles. The van der Waals surface area contributed by atoms with Crippen LogP contribution in [0.2, 0.25) is 0 Å². The van der Waals surface area contributed by atoms with E-state index >= 15 is 0 Å². The van der Waals surface area contributed by atoms with Gasteiger partial charge in [-0.2, -0.15) is 0 Å². The molecule has 84 valence electrons.